The first-order chi connectivity index (χ1) is 11.4. The van der Waals surface area contributed by atoms with E-state index >= 15 is 0 Å². The Balaban J connectivity index is 1.66. The maximum atomic E-state index is 12.3. The third kappa shape index (κ3) is 3.29. The summed E-state index contributed by atoms with van der Waals surface area (Å²) in [7, 11) is 0. The molecular formula is C17H20N4O3. The molecule has 2 heterocycles. The predicted molar refractivity (Wildman–Crippen MR) is 87.1 cm³/mol. The van der Waals surface area contributed by atoms with Gasteiger partial charge in [0.2, 0.25) is 0 Å². The fourth-order valence-electron chi connectivity index (χ4n) is 3.11. The van der Waals surface area contributed by atoms with E-state index in [1.807, 2.05) is 19.9 Å². The summed E-state index contributed by atoms with van der Waals surface area (Å²) in [5.74, 6) is -0.716. The van der Waals surface area contributed by atoms with Gasteiger partial charge in [-0.25, -0.2) is 9.67 Å². The van der Waals surface area contributed by atoms with Crippen LogP contribution >= 0.6 is 0 Å². The Bertz CT molecular complexity index is 767. The highest BCUT2D eigenvalue weighted by molar-refractivity contribution is 5.94. The number of aryl methyl sites for hydroxylation is 2. The van der Waals surface area contributed by atoms with E-state index in [-0.39, 0.29) is 17.9 Å². The fourth-order valence-corrected chi connectivity index (χ4v) is 3.11. The number of amides is 1. The lowest BCUT2D eigenvalue weighted by Crippen LogP contribution is -2.33. The Labute approximate surface area is 139 Å². The van der Waals surface area contributed by atoms with Gasteiger partial charge >= 0.3 is 5.97 Å². The Morgan fingerprint density at radius 3 is 2.62 bits per heavy atom. The molecule has 2 aromatic heterocycles. The molecule has 7 heteroatoms. The number of carbonyl (C=O) groups is 2. The van der Waals surface area contributed by atoms with Gasteiger partial charge in [0.15, 0.2) is 5.82 Å². The minimum absolute atomic E-state index is 0.0886. The van der Waals surface area contributed by atoms with Crippen LogP contribution in [0.25, 0.3) is 5.82 Å². The number of carboxylic acid groups (broad SMARTS) is 1. The summed E-state index contributed by atoms with van der Waals surface area (Å²) in [6, 6.07) is 5.33. The minimum atomic E-state index is -0.789. The quantitative estimate of drug-likeness (QED) is 0.893. The van der Waals surface area contributed by atoms with E-state index in [0.717, 1.165) is 11.4 Å². The van der Waals surface area contributed by atoms with Crippen LogP contribution in [0.2, 0.25) is 0 Å². The van der Waals surface area contributed by atoms with E-state index in [1.165, 1.54) is 6.20 Å². The zero-order chi connectivity index (χ0) is 17.3. The van der Waals surface area contributed by atoms with Gasteiger partial charge in [-0.2, -0.15) is 5.10 Å². The van der Waals surface area contributed by atoms with Gasteiger partial charge in [0, 0.05) is 17.9 Å². The first kappa shape index (κ1) is 16.2. The summed E-state index contributed by atoms with van der Waals surface area (Å²) in [6.45, 7) is 3.86. The lowest BCUT2D eigenvalue weighted by atomic mass is 10.1. The van der Waals surface area contributed by atoms with Crippen molar-refractivity contribution >= 4 is 11.9 Å². The van der Waals surface area contributed by atoms with Gasteiger partial charge in [-0.1, -0.05) is 0 Å². The molecule has 0 spiro atoms. The van der Waals surface area contributed by atoms with Crippen LogP contribution in [0.1, 0.15) is 41.0 Å². The number of nitrogens with zero attached hydrogens (tertiary/aromatic N) is 3. The summed E-state index contributed by atoms with van der Waals surface area (Å²) < 4.78 is 1.73. The number of carbonyl (C=O) groups excluding carboxylic acids is 1. The summed E-state index contributed by atoms with van der Waals surface area (Å²) in [4.78, 5) is 27.6. The maximum absolute atomic E-state index is 12.3. The van der Waals surface area contributed by atoms with Crippen LogP contribution in [0.4, 0.5) is 0 Å². The largest absolute Gasteiger partial charge is 0.481 e. The summed E-state index contributed by atoms with van der Waals surface area (Å²) in [5.41, 5.74) is 2.34. The Kier molecular flexibility index (Phi) is 4.33. The second kappa shape index (κ2) is 6.43. The van der Waals surface area contributed by atoms with E-state index in [9.17, 15) is 9.59 Å². The van der Waals surface area contributed by atoms with Crippen LogP contribution in [0.3, 0.4) is 0 Å². The Hall–Kier alpha value is -2.70. The molecule has 3 rings (SSSR count). The highest BCUT2D eigenvalue weighted by Gasteiger charge is 2.30. The molecule has 2 N–H and O–H groups in total. The second-order valence-electron chi connectivity index (χ2n) is 6.26. The van der Waals surface area contributed by atoms with E-state index in [0.29, 0.717) is 30.6 Å². The number of aliphatic carboxylic acids is 1. The van der Waals surface area contributed by atoms with Gasteiger partial charge in [0.05, 0.1) is 17.2 Å². The molecule has 1 saturated carbocycles. The average Bonchev–Trinajstić information content (AvgIpc) is 3.14. The van der Waals surface area contributed by atoms with Crippen LogP contribution in [0.15, 0.2) is 24.4 Å². The zero-order valence-corrected chi connectivity index (χ0v) is 13.7. The number of carboxylic acids is 1. The van der Waals surface area contributed by atoms with E-state index < -0.39 is 5.97 Å². The molecule has 0 aromatic carbocycles. The first-order valence-corrected chi connectivity index (χ1v) is 7.97. The molecule has 0 bridgehead atoms. The molecule has 0 saturated heterocycles. The highest BCUT2D eigenvalue weighted by Crippen LogP contribution is 2.25. The van der Waals surface area contributed by atoms with Crippen molar-refractivity contribution in [2.24, 2.45) is 5.92 Å². The zero-order valence-electron chi connectivity index (χ0n) is 13.7. The number of rotatable bonds is 4. The standard InChI is InChI=1S/C17H20N4O3/c1-10-7-11(2)21(20-10)15-6-4-13(9-18-15)16(22)19-14-5-3-12(8-14)17(23)24/h4,6-7,9,12,14H,3,5,8H2,1-2H3,(H,19,22)(H,23,24)/t12-,14+/m0/s1. The van der Waals surface area contributed by atoms with Crippen molar-refractivity contribution in [1.29, 1.82) is 0 Å². The molecule has 0 radical (unpaired) electrons. The molecular weight excluding hydrogens is 308 g/mol. The number of hydrogen-bond donors (Lipinski definition) is 2. The Morgan fingerprint density at radius 2 is 2.08 bits per heavy atom. The van der Waals surface area contributed by atoms with Gasteiger partial charge in [-0.3, -0.25) is 9.59 Å². The molecule has 0 aliphatic heterocycles. The van der Waals surface area contributed by atoms with Crippen molar-refractivity contribution in [3.8, 4) is 5.82 Å². The molecule has 7 nitrogen and oxygen atoms in total. The third-order valence-electron chi connectivity index (χ3n) is 4.35. The van der Waals surface area contributed by atoms with Gasteiger partial charge in [-0.15, -0.1) is 0 Å². The molecule has 2 atom stereocenters. The molecule has 1 aliphatic carbocycles. The number of aromatic nitrogens is 3. The van der Waals surface area contributed by atoms with Crippen molar-refractivity contribution in [1.82, 2.24) is 20.1 Å². The maximum Gasteiger partial charge on any atom is 0.306 e. The van der Waals surface area contributed by atoms with E-state index in [4.69, 9.17) is 5.11 Å². The van der Waals surface area contributed by atoms with Gasteiger partial charge in [0.25, 0.3) is 5.91 Å². The van der Waals surface area contributed by atoms with Crippen LogP contribution in [-0.4, -0.2) is 37.8 Å². The summed E-state index contributed by atoms with van der Waals surface area (Å²) >= 11 is 0. The molecule has 2 aromatic rings. The molecule has 126 valence electrons. The van der Waals surface area contributed by atoms with Crippen molar-refractivity contribution < 1.29 is 14.7 Å². The monoisotopic (exact) mass is 328 g/mol. The van der Waals surface area contributed by atoms with Gasteiger partial charge in [-0.05, 0) is 51.3 Å². The van der Waals surface area contributed by atoms with Crippen molar-refractivity contribution in [2.45, 2.75) is 39.2 Å². The number of nitrogens with one attached hydrogen (secondary N) is 1. The lowest BCUT2D eigenvalue weighted by Gasteiger charge is -2.12. The SMILES string of the molecule is Cc1cc(C)n(-c2ccc(C(=O)N[C@@H]3CC[C@H](C(=O)O)C3)cn2)n1. The number of pyridine rings is 1. The molecule has 1 amide bonds. The summed E-state index contributed by atoms with van der Waals surface area (Å²) in [5, 5.41) is 16.3. The first-order valence-electron chi connectivity index (χ1n) is 7.97. The number of hydrogen-bond acceptors (Lipinski definition) is 4. The molecule has 0 unspecified atom stereocenters. The van der Waals surface area contributed by atoms with Crippen molar-refractivity contribution in [3.05, 3.63) is 41.3 Å². The van der Waals surface area contributed by atoms with Crippen LogP contribution in [-0.2, 0) is 4.79 Å². The van der Waals surface area contributed by atoms with Crippen molar-refractivity contribution in [3.63, 3.8) is 0 Å². The summed E-state index contributed by atoms with van der Waals surface area (Å²) in [6.07, 6.45) is 3.30. The van der Waals surface area contributed by atoms with Gasteiger partial charge < -0.3 is 10.4 Å². The van der Waals surface area contributed by atoms with E-state index in [1.54, 1.807) is 16.8 Å². The van der Waals surface area contributed by atoms with Crippen LogP contribution in [0, 0.1) is 19.8 Å². The predicted octanol–water partition coefficient (Wildman–Crippen LogP) is 1.87. The molecule has 24 heavy (non-hydrogen) atoms. The normalized spacial score (nSPS) is 20.1. The Morgan fingerprint density at radius 1 is 1.29 bits per heavy atom. The molecule has 1 aliphatic rings. The van der Waals surface area contributed by atoms with Crippen LogP contribution < -0.4 is 5.32 Å². The highest BCUT2D eigenvalue weighted by atomic mass is 16.4. The molecule has 1 fully saturated rings. The van der Waals surface area contributed by atoms with Gasteiger partial charge in [0.1, 0.15) is 0 Å². The third-order valence-corrected chi connectivity index (χ3v) is 4.35. The topological polar surface area (TPSA) is 97.1 Å². The fraction of sp³-hybridized carbons (Fsp3) is 0.412. The lowest BCUT2D eigenvalue weighted by molar-refractivity contribution is -0.141. The smallest absolute Gasteiger partial charge is 0.306 e. The van der Waals surface area contributed by atoms with E-state index in [2.05, 4.69) is 15.4 Å². The van der Waals surface area contributed by atoms with Crippen LogP contribution in [0.5, 0.6) is 0 Å². The minimum Gasteiger partial charge on any atom is -0.481 e. The van der Waals surface area contributed by atoms with Crippen molar-refractivity contribution in [2.75, 3.05) is 0 Å². The average molecular weight is 328 g/mol. The second-order valence-corrected chi connectivity index (χ2v) is 6.26.